The molecule has 1 amide bonds. The largest absolute Gasteiger partial charge is 0.478 e. The predicted molar refractivity (Wildman–Crippen MR) is 83.2 cm³/mol. The van der Waals surface area contributed by atoms with E-state index in [0.29, 0.717) is 63.9 Å². The smallest absolute Gasteiger partial charge is 0.337 e. The molecule has 23 heavy (non-hydrogen) atoms. The summed E-state index contributed by atoms with van der Waals surface area (Å²) in [6.07, 6.45) is 0. The van der Waals surface area contributed by atoms with Crippen molar-refractivity contribution in [3.63, 3.8) is 0 Å². The van der Waals surface area contributed by atoms with Gasteiger partial charge in [-0.3, -0.25) is 4.79 Å². The van der Waals surface area contributed by atoms with E-state index in [1.165, 1.54) is 6.07 Å². The molecule has 0 saturated carbocycles. The van der Waals surface area contributed by atoms with Gasteiger partial charge in [0.1, 0.15) is 0 Å². The molecule has 124 valence electrons. The number of rotatable bonds is 3. The topological polar surface area (TPSA) is 79.3 Å². The number of aromatic carboxylic acids is 1. The van der Waals surface area contributed by atoms with Crippen molar-refractivity contribution in [2.45, 2.75) is 0 Å². The summed E-state index contributed by atoms with van der Waals surface area (Å²) >= 11 is 0. The average molecular weight is 320 g/mol. The first-order chi connectivity index (χ1) is 11.2. The van der Waals surface area contributed by atoms with E-state index in [-0.39, 0.29) is 11.5 Å². The minimum atomic E-state index is -1.02. The molecule has 2 aliphatic heterocycles. The van der Waals surface area contributed by atoms with Crippen LogP contribution < -0.4 is 4.90 Å². The van der Waals surface area contributed by atoms with Crippen LogP contribution in [0.25, 0.3) is 0 Å². The lowest BCUT2D eigenvalue weighted by molar-refractivity contribution is 0.0303. The van der Waals surface area contributed by atoms with E-state index in [2.05, 4.69) is 0 Å². The average Bonchev–Trinajstić information content (AvgIpc) is 2.62. The zero-order valence-corrected chi connectivity index (χ0v) is 12.9. The molecule has 2 aliphatic rings. The second kappa shape index (κ2) is 6.97. The second-order valence-corrected chi connectivity index (χ2v) is 5.54. The van der Waals surface area contributed by atoms with Gasteiger partial charge in [0.25, 0.3) is 5.91 Å². The van der Waals surface area contributed by atoms with Gasteiger partial charge in [-0.25, -0.2) is 4.79 Å². The lowest BCUT2D eigenvalue weighted by Crippen LogP contribution is -2.41. The number of carbonyl (C=O) groups is 2. The first-order valence-corrected chi connectivity index (χ1v) is 7.74. The fourth-order valence-corrected chi connectivity index (χ4v) is 2.87. The molecule has 0 radical (unpaired) electrons. The normalized spacial score (nSPS) is 18.8. The van der Waals surface area contributed by atoms with Gasteiger partial charge in [0.15, 0.2) is 0 Å². The summed E-state index contributed by atoms with van der Waals surface area (Å²) in [4.78, 5) is 27.8. The van der Waals surface area contributed by atoms with Crippen molar-refractivity contribution in [2.24, 2.45) is 0 Å². The number of carboxylic acid groups (broad SMARTS) is 1. The lowest BCUT2D eigenvalue weighted by atomic mass is 10.1. The molecule has 2 fully saturated rings. The number of benzene rings is 1. The maximum atomic E-state index is 12.5. The third-order valence-corrected chi connectivity index (χ3v) is 4.12. The van der Waals surface area contributed by atoms with Gasteiger partial charge in [-0.15, -0.1) is 0 Å². The van der Waals surface area contributed by atoms with Gasteiger partial charge in [0.05, 0.1) is 37.7 Å². The zero-order valence-electron chi connectivity index (χ0n) is 12.9. The molecule has 7 nitrogen and oxygen atoms in total. The summed E-state index contributed by atoms with van der Waals surface area (Å²) < 4.78 is 10.5. The Morgan fingerprint density at radius 2 is 1.57 bits per heavy atom. The SMILES string of the molecule is O=C(O)c1cc(C(=O)N2CCOCC2)ccc1N1CCOCC1. The standard InChI is InChI=1S/C16H20N2O5/c19-15(18-5-9-23-10-6-18)12-1-2-14(13(11-12)16(20)21)17-3-7-22-8-4-17/h1-2,11H,3-10H2,(H,20,21). The van der Waals surface area contributed by atoms with Gasteiger partial charge >= 0.3 is 5.97 Å². The highest BCUT2D eigenvalue weighted by Gasteiger charge is 2.23. The maximum absolute atomic E-state index is 12.5. The molecule has 0 unspecified atom stereocenters. The minimum absolute atomic E-state index is 0.149. The summed E-state index contributed by atoms with van der Waals surface area (Å²) in [5.74, 6) is -1.17. The second-order valence-electron chi connectivity index (χ2n) is 5.54. The number of nitrogens with zero attached hydrogens (tertiary/aromatic N) is 2. The summed E-state index contributed by atoms with van der Waals surface area (Å²) in [6.45, 7) is 4.56. The Balaban J connectivity index is 1.86. The highest BCUT2D eigenvalue weighted by atomic mass is 16.5. The number of ether oxygens (including phenoxy) is 2. The van der Waals surface area contributed by atoms with E-state index in [0.717, 1.165) is 0 Å². The van der Waals surface area contributed by atoms with Crippen molar-refractivity contribution in [3.8, 4) is 0 Å². The third kappa shape index (κ3) is 3.46. The molecule has 0 spiro atoms. The van der Waals surface area contributed by atoms with Crippen LogP contribution in [0.3, 0.4) is 0 Å². The molecule has 2 saturated heterocycles. The number of amides is 1. The van der Waals surface area contributed by atoms with E-state index in [4.69, 9.17) is 9.47 Å². The van der Waals surface area contributed by atoms with Gasteiger partial charge in [-0.2, -0.15) is 0 Å². The van der Waals surface area contributed by atoms with E-state index >= 15 is 0 Å². The molecular formula is C16H20N2O5. The molecule has 1 N–H and O–H groups in total. The van der Waals surface area contributed by atoms with Crippen molar-refractivity contribution in [1.29, 1.82) is 0 Å². The molecule has 3 rings (SSSR count). The number of hydrogen-bond acceptors (Lipinski definition) is 5. The van der Waals surface area contributed by atoms with Gasteiger partial charge in [-0.1, -0.05) is 0 Å². The van der Waals surface area contributed by atoms with Crippen molar-refractivity contribution in [3.05, 3.63) is 29.3 Å². The van der Waals surface area contributed by atoms with Gasteiger partial charge in [0, 0.05) is 31.7 Å². The Morgan fingerprint density at radius 1 is 0.957 bits per heavy atom. The molecule has 0 atom stereocenters. The molecule has 0 aromatic heterocycles. The number of carboxylic acids is 1. The number of hydrogen-bond donors (Lipinski definition) is 1. The Morgan fingerprint density at radius 3 is 2.17 bits per heavy atom. The fourth-order valence-electron chi connectivity index (χ4n) is 2.87. The molecular weight excluding hydrogens is 300 g/mol. The predicted octanol–water partition coefficient (Wildman–Crippen LogP) is 0.694. The van der Waals surface area contributed by atoms with E-state index in [9.17, 15) is 14.7 Å². The van der Waals surface area contributed by atoms with Gasteiger partial charge < -0.3 is 24.4 Å². The summed E-state index contributed by atoms with van der Waals surface area (Å²) in [6, 6.07) is 4.91. The molecule has 1 aromatic carbocycles. The van der Waals surface area contributed by atoms with Crippen LogP contribution in [-0.4, -0.2) is 74.5 Å². The minimum Gasteiger partial charge on any atom is -0.478 e. The number of anilines is 1. The number of morpholine rings is 2. The van der Waals surface area contributed by atoms with Gasteiger partial charge in [-0.05, 0) is 18.2 Å². The molecule has 2 heterocycles. The summed E-state index contributed by atoms with van der Waals surface area (Å²) in [5, 5.41) is 9.51. The molecule has 0 bridgehead atoms. The van der Waals surface area contributed by atoms with Crippen molar-refractivity contribution < 1.29 is 24.2 Å². The summed E-state index contributed by atoms with van der Waals surface area (Å²) in [5.41, 5.74) is 1.20. The maximum Gasteiger partial charge on any atom is 0.337 e. The van der Waals surface area contributed by atoms with Crippen LogP contribution in [0.1, 0.15) is 20.7 Å². The Hall–Kier alpha value is -2.12. The lowest BCUT2D eigenvalue weighted by Gasteiger charge is -2.30. The van der Waals surface area contributed by atoms with Crippen LogP contribution in [-0.2, 0) is 9.47 Å². The summed E-state index contributed by atoms with van der Waals surface area (Å²) in [7, 11) is 0. The Kier molecular flexibility index (Phi) is 4.78. The van der Waals surface area contributed by atoms with Crippen LogP contribution in [0.4, 0.5) is 5.69 Å². The van der Waals surface area contributed by atoms with Crippen LogP contribution >= 0.6 is 0 Å². The van der Waals surface area contributed by atoms with Crippen LogP contribution in [0.5, 0.6) is 0 Å². The van der Waals surface area contributed by atoms with E-state index in [1.807, 2.05) is 4.90 Å². The van der Waals surface area contributed by atoms with Crippen LogP contribution in [0, 0.1) is 0 Å². The van der Waals surface area contributed by atoms with Gasteiger partial charge in [0.2, 0.25) is 0 Å². The first kappa shape index (κ1) is 15.8. The molecule has 0 aliphatic carbocycles. The van der Waals surface area contributed by atoms with E-state index < -0.39 is 5.97 Å². The third-order valence-electron chi connectivity index (χ3n) is 4.12. The van der Waals surface area contributed by atoms with Crippen molar-refractivity contribution in [2.75, 3.05) is 57.5 Å². The number of carbonyl (C=O) groups excluding carboxylic acids is 1. The highest BCUT2D eigenvalue weighted by Crippen LogP contribution is 2.24. The molecule has 7 heteroatoms. The van der Waals surface area contributed by atoms with E-state index in [1.54, 1.807) is 17.0 Å². The molecule has 1 aromatic rings. The zero-order chi connectivity index (χ0) is 16.2. The van der Waals surface area contributed by atoms with Crippen molar-refractivity contribution >= 4 is 17.6 Å². The quantitative estimate of drug-likeness (QED) is 0.883. The fraction of sp³-hybridized carbons (Fsp3) is 0.500. The van der Waals surface area contributed by atoms with Crippen LogP contribution in [0.2, 0.25) is 0 Å². The van der Waals surface area contributed by atoms with Crippen molar-refractivity contribution in [1.82, 2.24) is 4.90 Å². The Bertz CT molecular complexity index is 592. The van der Waals surface area contributed by atoms with Crippen LogP contribution in [0.15, 0.2) is 18.2 Å². The first-order valence-electron chi connectivity index (χ1n) is 7.74. The monoisotopic (exact) mass is 320 g/mol. The Labute approximate surface area is 134 Å². The highest BCUT2D eigenvalue weighted by molar-refractivity contribution is 6.00.